The molecule has 2 radical (unpaired) electrons. The van der Waals surface area contributed by atoms with E-state index >= 15 is 0 Å². The molecule has 1 atom stereocenters. The van der Waals surface area contributed by atoms with Crippen LogP contribution in [0, 0.1) is 4.91 Å². The third kappa shape index (κ3) is 2.38. The van der Waals surface area contributed by atoms with Crippen molar-refractivity contribution in [3.05, 3.63) is 28.2 Å². The molecule has 1 saturated carbocycles. The van der Waals surface area contributed by atoms with Gasteiger partial charge in [0.15, 0.2) is 0 Å². The number of nitroso groups, excluding NO2 is 1. The Labute approximate surface area is 130 Å². The van der Waals surface area contributed by atoms with Crippen LogP contribution in [0.25, 0.3) is 0 Å². The molecule has 2 fully saturated rings. The van der Waals surface area contributed by atoms with Crippen LogP contribution in [0.15, 0.2) is 17.4 Å². The maximum absolute atomic E-state index is 11.4. The summed E-state index contributed by atoms with van der Waals surface area (Å²) in [5.41, 5.74) is 1.48. The third-order valence-electron chi connectivity index (χ3n) is 4.74. The van der Waals surface area contributed by atoms with Gasteiger partial charge >= 0.3 is 0 Å². The first-order valence-corrected chi connectivity index (χ1v) is 7.42. The molecule has 1 unspecified atom stereocenters. The SMILES string of the molecule is [B]c1cc(COC)c(O)cc1C1COCC2(CCC2)N1N=O. The van der Waals surface area contributed by atoms with Crippen molar-refractivity contribution in [3.63, 3.8) is 0 Å². The lowest BCUT2D eigenvalue weighted by atomic mass is 9.74. The van der Waals surface area contributed by atoms with E-state index in [1.54, 1.807) is 24.3 Å². The highest BCUT2D eigenvalue weighted by Gasteiger charge is 2.49. The molecule has 116 valence electrons. The first kappa shape index (κ1) is 15.3. The normalized spacial score (nSPS) is 23.3. The standard InChI is InChI=1S/C15H19BN2O4/c1-21-7-10-5-12(16)11(6-14(10)19)13-8-22-9-15(3-2-4-15)18(13)17-20/h5-6,13,19H,2-4,7-9H2,1H3. The van der Waals surface area contributed by atoms with Gasteiger partial charge in [-0.1, -0.05) is 11.5 Å². The molecule has 1 aromatic rings. The van der Waals surface area contributed by atoms with E-state index in [0.717, 1.165) is 19.3 Å². The van der Waals surface area contributed by atoms with Crippen molar-refractivity contribution in [1.82, 2.24) is 5.01 Å². The molecule has 0 amide bonds. The van der Waals surface area contributed by atoms with Crippen molar-refractivity contribution in [2.45, 2.75) is 37.5 Å². The van der Waals surface area contributed by atoms with Crippen molar-refractivity contribution in [1.29, 1.82) is 0 Å². The molecule has 1 saturated heterocycles. The van der Waals surface area contributed by atoms with E-state index in [1.165, 1.54) is 0 Å². The van der Waals surface area contributed by atoms with E-state index in [2.05, 4.69) is 5.29 Å². The molecule has 7 heteroatoms. The van der Waals surface area contributed by atoms with Gasteiger partial charge in [-0.05, 0) is 30.9 Å². The minimum absolute atomic E-state index is 0.102. The average Bonchev–Trinajstić information content (AvgIpc) is 2.48. The number of hydrogen-bond acceptors (Lipinski definition) is 5. The lowest BCUT2D eigenvalue weighted by molar-refractivity contribution is -0.141. The first-order chi connectivity index (χ1) is 10.6. The van der Waals surface area contributed by atoms with Crippen LogP contribution in [-0.2, 0) is 16.1 Å². The Balaban J connectivity index is 1.95. The fourth-order valence-electron chi connectivity index (χ4n) is 3.38. The van der Waals surface area contributed by atoms with Crippen LogP contribution < -0.4 is 5.46 Å². The molecular formula is C15H19BN2O4. The highest BCUT2D eigenvalue weighted by molar-refractivity contribution is 6.33. The molecule has 1 N–H and O–H groups in total. The van der Waals surface area contributed by atoms with Crippen molar-refractivity contribution in [2.75, 3.05) is 20.3 Å². The van der Waals surface area contributed by atoms with Crippen LogP contribution >= 0.6 is 0 Å². The Morgan fingerprint density at radius 3 is 2.91 bits per heavy atom. The number of phenols is 1. The van der Waals surface area contributed by atoms with E-state index in [1.807, 2.05) is 0 Å². The molecule has 1 aromatic carbocycles. The van der Waals surface area contributed by atoms with Crippen molar-refractivity contribution >= 4 is 13.3 Å². The van der Waals surface area contributed by atoms with Gasteiger partial charge in [0.25, 0.3) is 0 Å². The van der Waals surface area contributed by atoms with Gasteiger partial charge in [0, 0.05) is 12.7 Å². The molecule has 22 heavy (non-hydrogen) atoms. The minimum atomic E-state index is -0.367. The summed E-state index contributed by atoms with van der Waals surface area (Å²) in [5.74, 6) is 0.102. The average molecular weight is 302 g/mol. The molecule has 1 aliphatic heterocycles. The van der Waals surface area contributed by atoms with E-state index < -0.39 is 0 Å². The van der Waals surface area contributed by atoms with E-state index in [9.17, 15) is 10.0 Å². The molecule has 6 nitrogen and oxygen atoms in total. The second-order valence-corrected chi connectivity index (χ2v) is 6.08. The summed E-state index contributed by atoms with van der Waals surface area (Å²) in [7, 11) is 7.68. The number of benzene rings is 1. The van der Waals surface area contributed by atoms with Gasteiger partial charge in [-0.2, -0.15) is 0 Å². The molecule has 3 rings (SSSR count). The number of rotatable bonds is 4. The quantitative estimate of drug-likeness (QED) is 0.671. The lowest BCUT2D eigenvalue weighted by Crippen LogP contribution is -2.59. The highest BCUT2D eigenvalue weighted by atomic mass is 16.5. The van der Waals surface area contributed by atoms with Crippen LogP contribution in [0.3, 0.4) is 0 Å². The number of hydrogen-bond donors (Lipinski definition) is 1. The zero-order valence-electron chi connectivity index (χ0n) is 12.6. The fourth-order valence-corrected chi connectivity index (χ4v) is 3.38. The second kappa shape index (κ2) is 5.89. The van der Waals surface area contributed by atoms with Crippen LogP contribution in [0.5, 0.6) is 5.75 Å². The Bertz CT molecular complexity index is 577. The summed E-state index contributed by atoms with van der Waals surface area (Å²) in [6.07, 6.45) is 2.85. The Kier molecular flexibility index (Phi) is 4.10. The predicted octanol–water partition coefficient (Wildman–Crippen LogP) is 1.31. The minimum Gasteiger partial charge on any atom is -0.508 e. The summed E-state index contributed by atoms with van der Waals surface area (Å²) in [5, 5.41) is 15.0. The summed E-state index contributed by atoms with van der Waals surface area (Å²) in [4.78, 5) is 11.4. The monoisotopic (exact) mass is 302 g/mol. The van der Waals surface area contributed by atoms with Gasteiger partial charge in [0.1, 0.15) is 13.6 Å². The Morgan fingerprint density at radius 2 is 2.32 bits per heavy atom. The van der Waals surface area contributed by atoms with Gasteiger partial charge < -0.3 is 14.6 Å². The van der Waals surface area contributed by atoms with Gasteiger partial charge in [-0.15, -0.1) is 4.91 Å². The maximum Gasteiger partial charge on any atom is 0.121 e. The molecule has 1 aliphatic carbocycles. The van der Waals surface area contributed by atoms with Gasteiger partial charge in [-0.25, -0.2) is 5.01 Å². The van der Waals surface area contributed by atoms with E-state index in [0.29, 0.717) is 29.8 Å². The van der Waals surface area contributed by atoms with Gasteiger partial charge in [0.2, 0.25) is 0 Å². The summed E-state index contributed by atoms with van der Waals surface area (Å²) < 4.78 is 10.7. The van der Waals surface area contributed by atoms with Gasteiger partial charge in [0.05, 0.1) is 36.7 Å². The second-order valence-electron chi connectivity index (χ2n) is 6.08. The molecule has 1 spiro atoms. The van der Waals surface area contributed by atoms with Gasteiger partial charge in [-0.3, -0.25) is 0 Å². The predicted molar refractivity (Wildman–Crippen MR) is 82.0 cm³/mol. The number of methoxy groups -OCH3 is 1. The summed E-state index contributed by atoms with van der Waals surface area (Å²) in [6.45, 7) is 1.13. The van der Waals surface area contributed by atoms with Crippen LogP contribution in [0.1, 0.15) is 36.4 Å². The largest absolute Gasteiger partial charge is 0.508 e. The van der Waals surface area contributed by atoms with Crippen LogP contribution in [-0.4, -0.2) is 43.8 Å². The van der Waals surface area contributed by atoms with Crippen LogP contribution in [0.2, 0.25) is 0 Å². The van der Waals surface area contributed by atoms with Crippen LogP contribution in [0.4, 0.5) is 0 Å². The summed E-state index contributed by atoms with van der Waals surface area (Å²) in [6, 6.07) is 2.90. The number of ether oxygens (including phenoxy) is 2. The van der Waals surface area contributed by atoms with E-state index in [4.69, 9.17) is 17.3 Å². The maximum atomic E-state index is 11.4. The third-order valence-corrected chi connectivity index (χ3v) is 4.74. The van der Waals surface area contributed by atoms with Crippen molar-refractivity contribution < 1.29 is 14.6 Å². The topological polar surface area (TPSA) is 71.4 Å². The zero-order chi connectivity index (χ0) is 15.7. The zero-order valence-corrected chi connectivity index (χ0v) is 12.6. The Hall–Kier alpha value is -1.60. The highest BCUT2D eigenvalue weighted by Crippen LogP contribution is 2.45. The number of aromatic hydroxyl groups is 1. The Morgan fingerprint density at radius 1 is 1.55 bits per heavy atom. The van der Waals surface area contributed by atoms with Crippen molar-refractivity contribution in [2.24, 2.45) is 5.29 Å². The number of phenolic OH excluding ortho intramolecular Hbond substituents is 1. The van der Waals surface area contributed by atoms with Crippen molar-refractivity contribution in [3.8, 4) is 5.75 Å². The fraction of sp³-hybridized carbons (Fsp3) is 0.600. The molecular weight excluding hydrogens is 283 g/mol. The lowest BCUT2D eigenvalue weighted by Gasteiger charge is -2.52. The first-order valence-electron chi connectivity index (χ1n) is 7.42. The smallest absolute Gasteiger partial charge is 0.121 e. The number of nitrogens with zero attached hydrogens (tertiary/aromatic N) is 2. The molecule has 0 aromatic heterocycles. The summed E-state index contributed by atoms with van der Waals surface area (Å²) >= 11 is 0. The number of morpholine rings is 1. The molecule has 1 heterocycles. The molecule has 0 bridgehead atoms. The van der Waals surface area contributed by atoms with E-state index in [-0.39, 0.29) is 23.9 Å². The molecule has 2 aliphatic rings.